The predicted molar refractivity (Wildman–Crippen MR) is 101 cm³/mol. The fourth-order valence-electron chi connectivity index (χ4n) is 2.30. The summed E-state index contributed by atoms with van der Waals surface area (Å²) in [6, 6.07) is 13.2. The van der Waals surface area contributed by atoms with Crippen LogP contribution in [-0.4, -0.2) is 37.5 Å². The quantitative estimate of drug-likeness (QED) is 0.736. The predicted octanol–water partition coefficient (Wildman–Crippen LogP) is 3.15. The summed E-state index contributed by atoms with van der Waals surface area (Å²) in [7, 11) is -3.88. The van der Waals surface area contributed by atoms with Gasteiger partial charge in [-0.2, -0.15) is 16.5 Å². The first-order chi connectivity index (χ1) is 11.8. The Morgan fingerprint density at radius 2 is 1.60 bits per heavy atom. The minimum absolute atomic E-state index is 0.0544. The first-order valence-electron chi connectivity index (χ1n) is 7.74. The van der Waals surface area contributed by atoms with E-state index in [0.29, 0.717) is 5.75 Å². The molecule has 1 atom stereocenters. The van der Waals surface area contributed by atoms with Gasteiger partial charge in [0.1, 0.15) is 6.04 Å². The molecule has 2 N–H and O–H groups in total. The second kappa shape index (κ2) is 8.51. The lowest BCUT2D eigenvalue weighted by atomic mass is 10.0. The second-order valence-electron chi connectivity index (χ2n) is 5.68. The van der Waals surface area contributed by atoms with Crippen LogP contribution in [0.5, 0.6) is 0 Å². The third-order valence-electron chi connectivity index (χ3n) is 3.76. The van der Waals surface area contributed by atoms with E-state index in [9.17, 15) is 18.3 Å². The number of carbonyl (C=O) groups is 1. The molecule has 2 aromatic carbocycles. The Morgan fingerprint density at radius 3 is 2.08 bits per heavy atom. The fraction of sp³-hybridized carbons (Fsp3) is 0.278. The lowest BCUT2D eigenvalue weighted by molar-refractivity contribution is -0.139. The molecule has 7 heteroatoms. The van der Waals surface area contributed by atoms with Crippen molar-refractivity contribution in [2.75, 3.05) is 12.0 Å². The molecule has 0 bridgehead atoms. The number of rotatable bonds is 8. The van der Waals surface area contributed by atoms with Crippen molar-refractivity contribution in [1.29, 1.82) is 0 Å². The molecule has 1 unspecified atom stereocenters. The Kier molecular flexibility index (Phi) is 6.64. The number of carboxylic acid groups (broad SMARTS) is 1. The van der Waals surface area contributed by atoms with Gasteiger partial charge in [-0.05, 0) is 48.6 Å². The first-order valence-corrected chi connectivity index (χ1v) is 10.6. The molecule has 0 aliphatic carbocycles. The van der Waals surface area contributed by atoms with Gasteiger partial charge in [0.25, 0.3) is 0 Å². The van der Waals surface area contributed by atoms with E-state index in [1.165, 1.54) is 23.9 Å². The molecule has 0 aliphatic heterocycles. The van der Waals surface area contributed by atoms with Crippen molar-refractivity contribution in [2.45, 2.75) is 24.3 Å². The van der Waals surface area contributed by atoms with Gasteiger partial charge < -0.3 is 5.11 Å². The topological polar surface area (TPSA) is 83.5 Å². The van der Waals surface area contributed by atoms with Crippen LogP contribution in [0.15, 0.2) is 53.4 Å². The zero-order chi connectivity index (χ0) is 18.4. The number of sulfonamides is 1. The smallest absolute Gasteiger partial charge is 0.321 e. The summed E-state index contributed by atoms with van der Waals surface area (Å²) in [5.74, 6) is -0.611. The average Bonchev–Trinajstić information content (AvgIpc) is 2.59. The van der Waals surface area contributed by atoms with Crippen LogP contribution < -0.4 is 4.72 Å². The monoisotopic (exact) mass is 379 g/mol. The molecule has 0 saturated heterocycles. The summed E-state index contributed by atoms with van der Waals surface area (Å²) >= 11 is 1.47. The number of carboxylic acids is 1. The highest BCUT2D eigenvalue weighted by atomic mass is 32.2. The first kappa shape index (κ1) is 19.5. The minimum atomic E-state index is -3.88. The standard InChI is InChI=1S/C18H21NO4S2/c1-13-3-5-14(6-4-13)15-7-9-16(10-8-15)25(22,23)19-17(18(20)21)11-12-24-2/h3-10,17,19H,11-12H2,1-2H3,(H,20,21). The number of thioether (sulfide) groups is 1. The molecule has 0 saturated carbocycles. The molecule has 0 amide bonds. The molecular formula is C18H21NO4S2. The van der Waals surface area contributed by atoms with Gasteiger partial charge in [0.15, 0.2) is 0 Å². The van der Waals surface area contributed by atoms with Gasteiger partial charge in [-0.15, -0.1) is 0 Å². The van der Waals surface area contributed by atoms with Crippen molar-refractivity contribution >= 4 is 27.8 Å². The molecule has 0 heterocycles. The summed E-state index contributed by atoms with van der Waals surface area (Å²) < 4.78 is 27.1. The second-order valence-corrected chi connectivity index (χ2v) is 8.38. The van der Waals surface area contributed by atoms with Crippen LogP contribution in [0.4, 0.5) is 0 Å². The van der Waals surface area contributed by atoms with E-state index in [1.807, 2.05) is 37.4 Å². The van der Waals surface area contributed by atoms with Gasteiger partial charge in [0.05, 0.1) is 4.90 Å². The highest BCUT2D eigenvalue weighted by Gasteiger charge is 2.24. The van der Waals surface area contributed by atoms with E-state index < -0.39 is 22.0 Å². The Morgan fingerprint density at radius 1 is 1.08 bits per heavy atom. The maximum atomic E-state index is 12.4. The number of aliphatic carboxylic acids is 1. The summed E-state index contributed by atoms with van der Waals surface area (Å²) in [5.41, 5.74) is 3.04. The van der Waals surface area contributed by atoms with Crippen LogP contribution in [-0.2, 0) is 14.8 Å². The van der Waals surface area contributed by atoms with Crippen molar-refractivity contribution in [2.24, 2.45) is 0 Å². The molecule has 134 valence electrons. The van der Waals surface area contributed by atoms with Gasteiger partial charge in [0.2, 0.25) is 10.0 Å². The van der Waals surface area contributed by atoms with Gasteiger partial charge >= 0.3 is 5.97 Å². The van der Waals surface area contributed by atoms with Crippen LogP contribution in [0.2, 0.25) is 0 Å². The largest absolute Gasteiger partial charge is 0.480 e. The van der Waals surface area contributed by atoms with Gasteiger partial charge in [0, 0.05) is 0 Å². The normalized spacial score (nSPS) is 12.7. The summed E-state index contributed by atoms with van der Waals surface area (Å²) in [6.45, 7) is 2.00. The zero-order valence-electron chi connectivity index (χ0n) is 14.1. The SMILES string of the molecule is CSCCC(NS(=O)(=O)c1ccc(-c2ccc(C)cc2)cc1)C(=O)O. The molecule has 0 radical (unpaired) electrons. The van der Waals surface area contributed by atoms with E-state index in [-0.39, 0.29) is 11.3 Å². The van der Waals surface area contributed by atoms with Crippen molar-refractivity contribution in [3.05, 3.63) is 54.1 Å². The summed E-state index contributed by atoms with van der Waals surface area (Å²) in [4.78, 5) is 11.3. The maximum absolute atomic E-state index is 12.4. The van der Waals surface area contributed by atoms with Crippen molar-refractivity contribution < 1.29 is 18.3 Å². The highest BCUT2D eigenvalue weighted by molar-refractivity contribution is 7.98. The van der Waals surface area contributed by atoms with E-state index in [2.05, 4.69) is 4.72 Å². The van der Waals surface area contributed by atoms with Crippen LogP contribution >= 0.6 is 11.8 Å². The lowest BCUT2D eigenvalue weighted by Gasteiger charge is -2.14. The molecule has 0 aliphatic rings. The maximum Gasteiger partial charge on any atom is 0.321 e. The fourth-order valence-corrected chi connectivity index (χ4v) is 3.99. The Bertz CT molecular complexity index is 815. The molecule has 0 fully saturated rings. The van der Waals surface area contributed by atoms with Crippen molar-refractivity contribution in [1.82, 2.24) is 4.72 Å². The Balaban J connectivity index is 2.19. The third-order valence-corrected chi connectivity index (χ3v) is 5.89. The van der Waals surface area contributed by atoms with E-state index in [4.69, 9.17) is 0 Å². The van der Waals surface area contributed by atoms with Crippen molar-refractivity contribution in [3.8, 4) is 11.1 Å². The lowest BCUT2D eigenvalue weighted by Crippen LogP contribution is -2.41. The van der Waals surface area contributed by atoms with Gasteiger partial charge in [-0.1, -0.05) is 42.0 Å². The third kappa shape index (κ3) is 5.32. The van der Waals surface area contributed by atoms with E-state index in [0.717, 1.165) is 16.7 Å². The van der Waals surface area contributed by atoms with E-state index >= 15 is 0 Å². The summed E-state index contributed by atoms with van der Waals surface area (Å²) in [5, 5.41) is 9.19. The van der Waals surface area contributed by atoms with Crippen molar-refractivity contribution in [3.63, 3.8) is 0 Å². The van der Waals surface area contributed by atoms with E-state index in [1.54, 1.807) is 12.1 Å². The van der Waals surface area contributed by atoms with Crippen LogP contribution in [0.3, 0.4) is 0 Å². The minimum Gasteiger partial charge on any atom is -0.480 e. The molecule has 0 spiro atoms. The number of benzene rings is 2. The summed E-state index contributed by atoms with van der Waals surface area (Å²) in [6.07, 6.45) is 2.08. The van der Waals surface area contributed by atoms with Crippen LogP contribution in [0.1, 0.15) is 12.0 Å². The molecule has 2 rings (SSSR count). The van der Waals surface area contributed by atoms with Gasteiger partial charge in [-0.3, -0.25) is 4.79 Å². The molecule has 5 nitrogen and oxygen atoms in total. The van der Waals surface area contributed by atoms with Gasteiger partial charge in [-0.25, -0.2) is 8.42 Å². The molecule has 25 heavy (non-hydrogen) atoms. The number of hydrogen-bond acceptors (Lipinski definition) is 4. The highest BCUT2D eigenvalue weighted by Crippen LogP contribution is 2.22. The number of aryl methyl sites for hydroxylation is 1. The molecule has 0 aromatic heterocycles. The Labute approximate surface area is 152 Å². The molecule has 2 aromatic rings. The Hall–Kier alpha value is -1.83. The van der Waals surface area contributed by atoms with Crippen LogP contribution in [0, 0.1) is 6.92 Å². The zero-order valence-corrected chi connectivity index (χ0v) is 15.7. The van der Waals surface area contributed by atoms with Crippen LogP contribution in [0.25, 0.3) is 11.1 Å². The number of nitrogens with one attached hydrogen (secondary N) is 1. The molecular weight excluding hydrogens is 358 g/mol. The number of hydrogen-bond donors (Lipinski definition) is 2. The average molecular weight is 380 g/mol.